The van der Waals surface area contributed by atoms with Crippen LogP contribution in [0, 0.1) is 0 Å². The maximum absolute atomic E-state index is 5.87. The highest BCUT2D eigenvalue weighted by Crippen LogP contribution is 2.15. The number of guanidine groups is 1. The van der Waals surface area contributed by atoms with Gasteiger partial charge in [-0.15, -0.1) is 24.0 Å². The van der Waals surface area contributed by atoms with Gasteiger partial charge in [-0.05, 0) is 30.2 Å². The standard InChI is InChI=1S/C20H27N3O2.HI/c1-3-21-20(22-12-13-24-2)23-15-18-10-7-11-19(14-18)25-16-17-8-5-4-6-9-17;/h4-11,14H,3,12-13,15-16H2,1-2H3,(H2,21,22,23);1H. The molecule has 0 saturated heterocycles. The smallest absolute Gasteiger partial charge is 0.191 e. The molecule has 0 spiro atoms. The number of nitrogens with zero attached hydrogens (tertiary/aromatic N) is 1. The Hall–Kier alpha value is -1.80. The van der Waals surface area contributed by atoms with Crippen LogP contribution in [0.3, 0.4) is 0 Å². The largest absolute Gasteiger partial charge is 0.489 e. The fourth-order valence-corrected chi connectivity index (χ4v) is 2.26. The molecule has 0 radical (unpaired) electrons. The van der Waals surface area contributed by atoms with Crippen molar-refractivity contribution in [3.63, 3.8) is 0 Å². The Labute approximate surface area is 173 Å². The van der Waals surface area contributed by atoms with Crippen LogP contribution in [0.25, 0.3) is 0 Å². The molecule has 0 saturated carbocycles. The first-order valence-corrected chi connectivity index (χ1v) is 8.58. The van der Waals surface area contributed by atoms with Gasteiger partial charge in [0.1, 0.15) is 12.4 Å². The molecule has 2 aromatic carbocycles. The number of hydrogen-bond acceptors (Lipinski definition) is 3. The highest BCUT2D eigenvalue weighted by molar-refractivity contribution is 14.0. The number of ether oxygens (including phenoxy) is 2. The molecule has 26 heavy (non-hydrogen) atoms. The number of halogens is 1. The molecule has 0 aliphatic rings. The second-order valence-electron chi connectivity index (χ2n) is 5.54. The van der Waals surface area contributed by atoms with Crippen molar-refractivity contribution in [2.75, 3.05) is 26.8 Å². The predicted octanol–water partition coefficient (Wildman–Crippen LogP) is 3.59. The molecule has 0 aliphatic carbocycles. The number of benzene rings is 2. The number of methoxy groups -OCH3 is 1. The first kappa shape index (κ1) is 22.2. The molecular weight excluding hydrogens is 441 g/mol. The van der Waals surface area contributed by atoms with Crippen LogP contribution in [0.15, 0.2) is 59.6 Å². The summed E-state index contributed by atoms with van der Waals surface area (Å²) in [5.74, 6) is 1.64. The van der Waals surface area contributed by atoms with Gasteiger partial charge < -0.3 is 20.1 Å². The highest BCUT2D eigenvalue weighted by Gasteiger charge is 2.00. The summed E-state index contributed by atoms with van der Waals surface area (Å²) in [5, 5.41) is 6.46. The van der Waals surface area contributed by atoms with Gasteiger partial charge in [0.05, 0.1) is 13.2 Å². The summed E-state index contributed by atoms with van der Waals surface area (Å²) in [6, 6.07) is 18.2. The lowest BCUT2D eigenvalue weighted by Gasteiger charge is -2.11. The quantitative estimate of drug-likeness (QED) is 0.255. The van der Waals surface area contributed by atoms with E-state index in [0.29, 0.717) is 19.8 Å². The summed E-state index contributed by atoms with van der Waals surface area (Å²) in [7, 11) is 1.69. The molecule has 2 N–H and O–H groups in total. The Bertz CT molecular complexity index is 651. The van der Waals surface area contributed by atoms with Gasteiger partial charge in [-0.3, -0.25) is 0 Å². The molecule has 0 aliphatic heterocycles. The maximum atomic E-state index is 5.87. The van der Waals surface area contributed by atoms with E-state index in [1.165, 1.54) is 0 Å². The average Bonchev–Trinajstić information content (AvgIpc) is 2.66. The Morgan fingerprint density at radius 2 is 1.77 bits per heavy atom. The van der Waals surface area contributed by atoms with E-state index in [2.05, 4.69) is 33.8 Å². The van der Waals surface area contributed by atoms with E-state index >= 15 is 0 Å². The van der Waals surface area contributed by atoms with E-state index in [0.717, 1.165) is 35.9 Å². The van der Waals surface area contributed by atoms with Crippen LogP contribution in [-0.2, 0) is 17.9 Å². The molecule has 2 rings (SSSR count). The van der Waals surface area contributed by atoms with Gasteiger partial charge in [0.15, 0.2) is 5.96 Å². The minimum absolute atomic E-state index is 0. The zero-order valence-electron chi connectivity index (χ0n) is 15.4. The third-order valence-electron chi connectivity index (χ3n) is 3.51. The first-order valence-electron chi connectivity index (χ1n) is 8.58. The van der Waals surface area contributed by atoms with Gasteiger partial charge in [0.25, 0.3) is 0 Å². The van der Waals surface area contributed by atoms with Crippen molar-refractivity contribution in [3.8, 4) is 5.75 Å². The zero-order chi connectivity index (χ0) is 17.7. The minimum atomic E-state index is 0. The lowest BCUT2D eigenvalue weighted by Crippen LogP contribution is -2.38. The third kappa shape index (κ3) is 8.53. The second-order valence-corrected chi connectivity index (χ2v) is 5.54. The van der Waals surface area contributed by atoms with E-state index in [9.17, 15) is 0 Å². The molecule has 0 bridgehead atoms. The van der Waals surface area contributed by atoms with E-state index in [-0.39, 0.29) is 24.0 Å². The lowest BCUT2D eigenvalue weighted by atomic mass is 10.2. The van der Waals surface area contributed by atoms with Gasteiger partial charge in [0, 0.05) is 20.2 Å². The van der Waals surface area contributed by atoms with Crippen molar-refractivity contribution < 1.29 is 9.47 Å². The summed E-state index contributed by atoms with van der Waals surface area (Å²) >= 11 is 0. The Kier molecular flexibility index (Phi) is 11.5. The number of hydrogen-bond donors (Lipinski definition) is 2. The monoisotopic (exact) mass is 469 g/mol. The third-order valence-corrected chi connectivity index (χ3v) is 3.51. The molecule has 0 unspecified atom stereocenters. The molecule has 2 aromatic rings. The SMILES string of the molecule is CCNC(=NCc1cccc(OCc2ccccc2)c1)NCCOC.I. The van der Waals surface area contributed by atoms with Crippen LogP contribution >= 0.6 is 24.0 Å². The topological polar surface area (TPSA) is 54.9 Å². The van der Waals surface area contributed by atoms with E-state index in [1.54, 1.807) is 7.11 Å². The summed E-state index contributed by atoms with van der Waals surface area (Å²) < 4.78 is 10.9. The number of aliphatic imine (C=N–C) groups is 1. The summed E-state index contributed by atoms with van der Waals surface area (Å²) in [4.78, 5) is 4.60. The van der Waals surface area contributed by atoms with Crippen molar-refractivity contribution in [2.24, 2.45) is 4.99 Å². The normalized spacial score (nSPS) is 10.8. The van der Waals surface area contributed by atoms with Crippen molar-refractivity contribution in [2.45, 2.75) is 20.1 Å². The fraction of sp³-hybridized carbons (Fsp3) is 0.350. The minimum Gasteiger partial charge on any atom is -0.489 e. The zero-order valence-corrected chi connectivity index (χ0v) is 17.7. The van der Waals surface area contributed by atoms with Crippen LogP contribution in [0.1, 0.15) is 18.1 Å². The Morgan fingerprint density at radius 3 is 2.50 bits per heavy atom. The molecule has 0 fully saturated rings. The molecule has 0 amide bonds. The molecule has 0 atom stereocenters. The molecule has 0 heterocycles. The van der Waals surface area contributed by atoms with Crippen LogP contribution < -0.4 is 15.4 Å². The van der Waals surface area contributed by atoms with Crippen molar-refractivity contribution in [3.05, 3.63) is 65.7 Å². The number of rotatable bonds is 9. The average molecular weight is 469 g/mol. The summed E-state index contributed by atoms with van der Waals surface area (Å²) in [6.07, 6.45) is 0. The molecule has 142 valence electrons. The maximum Gasteiger partial charge on any atom is 0.191 e. The second kappa shape index (κ2) is 13.4. The van der Waals surface area contributed by atoms with Gasteiger partial charge in [0.2, 0.25) is 0 Å². The fourth-order valence-electron chi connectivity index (χ4n) is 2.26. The highest BCUT2D eigenvalue weighted by atomic mass is 127. The Morgan fingerprint density at radius 1 is 1.00 bits per heavy atom. The van der Waals surface area contributed by atoms with Gasteiger partial charge >= 0.3 is 0 Å². The molecule has 0 aromatic heterocycles. The first-order chi connectivity index (χ1) is 12.3. The molecule has 6 heteroatoms. The molecular formula is C20H28IN3O2. The van der Waals surface area contributed by atoms with E-state index in [4.69, 9.17) is 9.47 Å². The van der Waals surface area contributed by atoms with Crippen LogP contribution in [0.4, 0.5) is 0 Å². The van der Waals surface area contributed by atoms with Gasteiger partial charge in [-0.2, -0.15) is 0 Å². The van der Waals surface area contributed by atoms with Crippen molar-refractivity contribution in [1.82, 2.24) is 10.6 Å². The van der Waals surface area contributed by atoms with Gasteiger partial charge in [-0.25, -0.2) is 4.99 Å². The summed E-state index contributed by atoms with van der Waals surface area (Å²) in [6.45, 7) is 5.39. The summed E-state index contributed by atoms with van der Waals surface area (Å²) in [5.41, 5.74) is 2.26. The van der Waals surface area contributed by atoms with E-state index < -0.39 is 0 Å². The van der Waals surface area contributed by atoms with E-state index in [1.807, 2.05) is 43.3 Å². The molecule has 5 nitrogen and oxygen atoms in total. The number of nitrogens with one attached hydrogen (secondary N) is 2. The van der Waals surface area contributed by atoms with Crippen LogP contribution in [0.5, 0.6) is 5.75 Å². The Balaban J connectivity index is 0.00000338. The van der Waals surface area contributed by atoms with Crippen molar-refractivity contribution >= 4 is 29.9 Å². The van der Waals surface area contributed by atoms with Crippen molar-refractivity contribution in [1.29, 1.82) is 0 Å². The van der Waals surface area contributed by atoms with Crippen LogP contribution in [0.2, 0.25) is 0 Å². The van der Waals surface area contributed by atoms with Crippen LogP contribution in [-0.4, -0.2) is 32.8 Å². The predicted molar refractivity (Wildman–Crippen MR) is 117 cm³/mol. The lowest BCUT2D eigenvalue weighted by molar-refractivity contribution is 0.203. The van der Waals surface area contributed by atoms with Gasteiger partial charge in [-0.1, -0.05) is 42.5 Å².